The minimum Gasteiger partial charge on any atom is -0.502 e. The molecule has 0 aromatic heterocycles. The maximum Gasteiger partial charge on any atom is 0.407 e. The van der Waals surface area contributed by atoms with Crippen molar-refractivity contribution in [2.75, 3.05) is 6.54 Å². The van der Waals surface area contributed by atoms with Gasteiger partial charge in [-0.25, -0.2) is 4.79 Å². The molecule has 0 aliphatic heterocycles. The summed E-state index contributed by atoms with van der Waals surface area (Å²) < 4.78 is 5.04. The Morgan fingerprint density at radius 3 is 2.67 bits per heavy atom. The highest BCUT2D eigenvalue weighted by Gasteiger charge is 2.11. The molecule has 0 fully saturated rings. The molecule has 2 aromatic carbocycles. The molecule has 0 spiro atoms. The molecule has 2 rings (SSSR count). The van der Waals surface area contributed by atoms with Gasteiger partial charge in [0.25, 0.3) is 0 Å². The molecule has 7 nitrogen and oxygen atoms in total. The Kier molecular flexibility index (Phi) is 5.90. The van der Waals surface area contributed by atoms with E-state index in [2.05, 4.69) is 5.32 Å². The molecule has 0 bridgehead atoms. The van der Waals surface area contributed by atoms with Gasteiger partial charge >= 0.3 is 11.8 Å². The number of nitrogens with one attached hydrogen (secondary N) is 1. The number of nitro benzene ring substituents is 1. The normalized spacial score (nSPS) is 10.5. The van der Waals surface area contributed by atoms with Crippen LogP contribution in [0.1, 0.15) is 11.1 Å². The maximum absolute atomic E-state index is 11.5. The van der Waals surface area contributed by atoms with Crippen LogP contribution in [0.2, 0.25) is 0 Å². The summed E-state index contributed by atoms with van der Waals surface area (Å²) in [5, 5.41) is 22.7. The molecule has 1 amide bonds. The second-order valence-electron chi connectivity index (χ2n) is 4.85. The minimum absolute atomic E-state index is 0.187. The average Bonchev–Trinajstić information content (AvgIpc) is 2.57. The Morgan fingerprint density at radius 1 is 1.25 bits per heavy atom. The van der Waals surface area contributed by atoms with Crippen molar-refractivity contribution in [3.05, 3.63) is 75.8 Å². The van der Waals surface area contributed by atoms with Crippen molar-refractivity contribution in [3.8, 4) is 5.75 Å². The van der Waals surface area contributed by atoms with Gasteiger partial charge in [0, 0.05) is 12.6 Å². The lowest BCUT2D eigenvalue weighted by Gasteiger charge is -2.05. The van der Waals surface area contributed by atoms with Gasteiger partial charge < -0.3 is 15.2 Å². The molecule has 124 valence electrons. The lowest BCUT2D eigenvalue weighted by molar-refractivity contribution is -0.385. The molecule has 0 atom stereocenters. The molecule has 2 aromatic rings. The minimum atomic E-state index is -0.660. The van der Waals surface area contributed by atoms with Crippen molar-refractivity contribution in [3.63, 3.8) is 0 Å². The average molecular weight is 328 g/mol. The molecule has 0 aliphatic rings. The predicted molar refractivity (Wildman–Crippen MR) is 88.4 cm³/mol. The highest BCUT2D eigenvalue weighted by molar-refractivity contribution is 5.67. The Bertz CT molecular complexity index is 744. The highest BCUT2D eigenvalue weighted by Crippen LogP contribution is 2.26. The van der Waals surface area contributed by atoms with Crippen LogP contribution in [0, 0.1) is 10.1 Å². The smallest absolute Gasteiger partial charge is 0.407 e. The van der Waals surface area contributed by atoms with Crippen LogP contribution in [0.25, 0.3) is 6.08 Å². The molecule has 2 N–H and O–H groups in total. The van der Waals surface area contributed by atoms with E-state index < -0.39 is 16.8 Å². The highest BCUT2D eigenvalue weighted by atomic mass is 16.6. The fourth-order valence-corrected chi connectivity index (χ4v) is 1.91. The quantitative estimate of drug-likeness (QED) is 0.626. The van der Waals surface area contributed by atoms with Crippen LogP contribution >= 0.6 is 0 Å². The van der Waals surface area contributed by atoms with Crippen LogP contribution < -0.4 is 5.32 Å². The van der Waals surface area contributed by atoms with Crippen LogP contribution in [0.15, 0.2) is 54.6 Å². The van der Waals surface area contributed by atoms with Crippen LogP contribution in [0.4, 0.5) is 10.5 Å². The topological polar surface area (TPSA) is 102 Å². The Labute approximate surface area is 138 Å². The number of rotatable bonds is 6. The number of nitrogens with zero attached hydrogens (tertiary/aromatic N) is 1. The number of amides is 1. The van der Waals surface area contributed by atoms with E-state index in [0.717, 1.165) is 5.56 Å². The van der Waals surface area contributed by atoms with E-state index in [1.54, 1.807) is 12.2 Å². The number of hydrogen-bond acceptors (Lipinski definition) is 5. The van der Waals surface area contributed by atoms with Gasteiger partial charge in [0.1, 0.15) is 6.61 Å². The first-order valence-electron chi connectivity index (χ1n) is 7.15. The Morgan fingerprint density at radius 2 is 2.00 bits per heavy atom. The van der Waals surface area contributed by atoms with E-state index in [-0.39, 0.29) is 18.8 Å². The lowest BCUT2D eigenvalue weighted by Crippen LogP contribution is -2.24. The number of aromatic hydroxyl groups is 1. The summed E-state index contributed by atoms with van der Waals surface area (Å²) in [7, 11) is 0. The third kappa shape index (κ3) is 5.13. The summed E-state index contributed by atoms with van der Waals surface area (Å²) in [6.07, 6.45) is 2.72. The largest absolute Gasteiger partial charge is 0.502 e. The van der Waals surface area contributed by atoms with E-state index in [0.29, 0.717) is 5.56 Å². The fraction of sp³-hybridized carbons (Fsp3) is 0.118. The fourth-order valence-electron chi connectivity index (χ4n) is 1.91. The van der Waals surface area contributed by atoms with Crippen molar-refractivity contribution in [2.45, 2.75) is 6.61 Å². The zero-order chi connectivity index (χ0) is 17.4. The van der Waals surface area contributed by atoms with Gasteiger partial charge in [-0.15, -0.1) is 0 Å². The van der Waals surface area contributed by atoms with Crippen LogP contribution in [0.3, 0.4) is 0 Å². The molecule has 24 heavy (non-hydrogen) atoms. The molecule has 0 saturated carbocycles. The molecular weight excluding hydrogens is 312 g/mol. The summed E-state index contributed by atoms with van der Waals surface area (Å²) in [4.78, 5) is 21.5. The van der Waals surface area contributed by atoms with Crippen molar-refractivity contribution in [1.29, 1.82) is 0 Å². The Balaban J connectivity index is 1.77. The Hall–Kier alpha value is -3.35. The number of phenols is 1. The zero-order valence-electron chi connectivity index (χ0n) is 12.7. The van der Waals surface area contributed by atoms with E-state index in [1.165, 1.54) is 18.2 Å². The first kappa shape index (κ1) is 17.0. The van der Waals surface area contributed by atoms with Gasteiger partial charge in [0.2, 0.25) is 0 Å². The number of alkyl carbamates (subject to hydrolysis) is 1. The number of carbonyl (C=O) groups is 1. The van der Waals surface area contributed by atoms with Crippen LogP contribution in [0.5, 0.6) is 5.75 Å². The van der Waals surface area contributed by atoms with Crippen molar-refractivity contribution in [1.82, 2.24) is 5.32 Å². The number of carbonyl (C=O) groups excluding carboxylic acids is 1. The van der Waals surface area contributed by atoms with Gasteiger partial charge in [-0.1, -0.05) is 42.5 Å². The number of ether oxygens (including phenoxy) is 1. The van der Waals surface area contributed by atoms with Crippen molar-refractivity contribution < 1.29 is 19.6 Å². The lowest BCUT2D eigenvalue weighted by atomic mass is 10.2. The zero-order valence-corrected chi connectivity index (χ0v) is 12.7. The van der Waals surface area contributed by atoms with E-state index in [4.69, 9.17) is 4.74 Å². The molecule has 0 aliphatic carbocycles. The summed E-state index contributed by atoms with van der Waals surface area (Å²) in [6.45, 7) is 0.415. The van der Waals surface area contributed by atoms with Crippen LogP contribution in [-0.2, 0) is 11.3 Å². The van der Waals surface area contributed by atoms with E-state index >= 15 is 0 Å². The number of benzene rings is 2. The number of nitro groups is 1. The van der Waals surface area contributed by atoms with E-state index in [1.807, 2.05) is 30.3 Å². The second kappa shape index (κ2) is 8.33. The number of hydrogen-bond donors (Lipinski definition) is 2. The molecule has 7 heteroatoms. The molecule has 0 unspecified atom stereocenters. The van der Waals surface area contributed by atoms with Gasteiger partial charge in [-0.2, -0.15) is 0 Å². The predicted octanol–water partition coefficient (Wildman–Crippen LogP) is 3.24. The van der Waals surface area contributed by atoms with Crippen molar-refractivity contribution >= 4 is 17.9 Å². The molecular formula is C17H16N2O5. The molecule has 0 heterocycles. The summed E-state index contributed by atoms with van der Waals surface area (Å²) in [5.41, 5.74) is 1.12. The SMILES string of the molecule is O=C(NCC=Cc1ccc([N+](=O)[O-])c(O)c1)OCc1ccccc1. The monoisotopic (exact) mass is 328 g/mol. The third-order valence-electron chi connectivity index (χ3n) is 3.08. The third-order valence-corrected chi connectivity index (χ3v) is 3.08. The van der Waals surface area contributed by atoms with Gasteiger partial charge in [-0.05, 0) is 23.3 Å². The summed E-state index contributed by atoms with van der Waals surface area (Å²) in [5.74, 6) is -0.405. The molecule has 0 saturated heterocycles. The first-order chi connectivity index (χ1) is 11.6. The summed E-state index contributed by atoms with van der Waals surface area (Å²) >= 11 is 0. The van der Waals surface area contributed by atoms with Crippen LogP contribution in [-0.4, -0.2) is 22.7 Å². The summed E-state index contributed by atoms with van der Waals surface area (Å²) in [6, 6.07) is 13.3. The van der Waals surface area contributed by atoms with Gasteiger partial charge in [-0.3, -0.25) is 10.1 Å². The first-order valence-corrected chi connectivity index (χ1v) is 7.15. The van der Waals surface area contributed by atoms with Crippen molar-refractivity contribution in [2.24, 2.45) is 0 Å². The van der Waals surface area contributed by atoms with Gasteiger partial charge in [0.05, 0.1) is 4.92 Å². The standard InChI is InChI=1S/C17H16N2O5/c20-16-11-13(8-9-15(16)19(22)23)7-4-10-18-17(21)24-12-14-5-2-1-3-6-14/h1-9,11,20H,10,12H2,(H,18,21). The number of phenolic OH excluding ortho intramolecular Hbond substituents is 1. The maximum atomic E-state index is 11.5. The van der Waals surface area contributed by atoms with E-state index in [9.17, 15) is 20.0 Å². The molecule has 0 radical (unpaired) electrons. The second-order valence-corrected chi connectivity index (χ2v) is 4.85. The van der Waals surface area contributed by atoms with Gasteiger partial charge in [0.15, 0.2) is 5.75 Å².